The number of hydrogen-bond donors (Lipinski definition) is 3. The van der Waals surface area contributed by atoms with E-state index in [1.807, 2.05) is 0 Å². The predicted molar refractivity (Wildman–Crippen MR) is 76.6 cm³/mol. The van der Waals surface area contributed by atoms with Crippen LogP contribution in [0.5, 0.6) is 0 Å². The van der Waals surface area contributed by atoms with Gasteiger partial charge in [0, 0.05) is 24.2 Å². The molecule has 0 saturated carbocycles. The van der Waals surface area contributed by atoms with E-state index in [2.05, 4.69) is 15.0 Å². The van der Waals surface area contributed by atoms with E-state index >= 15 is 0 Å². The molecule has 0 unspecified atom stereocenters. The summed E-state index contributed by atoms with van der Waals surface area (Å²) in [6, 6.07) is 4.93. The number of nitrogens with zero attached hydrogens (tertiary/aromatic N) is 3. The lowest BCUT2D eigenvalue weighted by atomic mass is 10.1. The van der Waals surface area contributed by atoms with Crippen molar-refractivity contribution < 1.29 is 9.90 Å². The smallest absolute Gasteiger partial charge is 0.254 e. The van der Waals surface area contributed by atoms with Crippen LogP contribution < -0.4 is 5.73 Å². The molecular formula is C14H13N5O2. The highest BCUT2D eigenvalue weighted by Gasteiger charge is 2.18. The SMILES string of the molecule is CC(O)=C(C(=N)c1ccnc(-c2ccncc2)n1)C(N)=O. The average molecular weight is 283 g/mol. The minimum atomic E-state index is -0.885. The molecule has 0 bridgehead atoms. The Labute approximate surface area is 120 Å². The van der Waals surface area contributed by atoms with Gasteiger partial charge in [0.15, 0.2) is 5.82 Å². The Morgan fingerprint density at radius 2 is 1.90 bits per heavy atom. The standard InChI is InChI=1S/C14H13N5O2/c1-8(20)11(13(16)21)12(15)10-4-7-18-14(19-10)9-2-5-17-6-3-9/h2-7,15,20H,1H3,(H2,16,21). The number of aromatic nitrogens is 3. The summed E-state index contributed by atoms with van der Waals surface area (Å²) < 4.78 is 0. The van der Waals surface area contributed by atoms with E-state index in [0.717, 1.165) is 5.56 Å². The molecule has 0 aromatic carbocycles. The van der Waals surface area contributed by atoms with Gasteiger partial charge in [0.25, 0.3) is 5.91 Å². The number of allylic oxidation sites excluding steroid dienone is 1. The van der Waals surface area contributed by atoms with E-state index < -0.39 is 5.91 Å². The highest BCUT2D eigenvalue weighted by molar-refractivity contribution is 6.26. The van der Waals surface area contributed by atoms with Gasteiger partial charge in [-0.05, 0) is 25.1 Å². The van der Waals surface area contributed by atoms with Crippen molar-refractivity contribution in [1.29, 1.82) is 5.41 Å². The molecule has 0 atom stereocenters. The van der Waals surface area contributed by atoms with Gasteiger partial charge in [-0.3, -0.25) is 15.2 Å². The normalized spacial score (nSPS) is 11.7. The van der Waals surface area contributed by atoms with Crippen molar-refractivity contribution in [2.45, 2.75) is 6.92 Å². The molecule has 2 heterocycles. The van der Waals surface area contributed by atoms with E-state index in [9.17, 15) is 9.90 Å². The third-order valence-electron chi connectivity index (χ3n) is 2.71. The van der Waals surface area contributed by atoms with Crippen LogP contribution in [0.3, 0.4) is 0 Å². The molecule has 2 aromatic heterocycles. The second kappa shape index (κ2) is 5.91. The van der Waals surface area contributed by atoms with Gasteiger partial charge < -0.3 is 10.8 Å². The second-order valence-corrected chi connectivity index (χ2v) is 4.20. The number of pyridine rings is 1. The van der Waals surface area contributed by atoms with Crippen LogP contribution in [0.1, 0.15) is 12.6 Å². The van der Waals surface area contributed by atoms with E-state index in [1.54, 1.807) is 24.5 Å². The summed E-state index contributed by atoms with van der Waals surface area (Å²) in [5.41, 5.74) is 5.58. The van der Waals surface area contributed by atoms with Crippen molar-refractivity contribution in [3.63, 3.8) is 0 Å². The number of aliphatic hydroxyl groups excluding tert-OH is 1. The van der Waals surface area contributed by atoms with Gasteiger partial charge in [-0.25, -0.2) is 9.97 Å². The van der Waals surface area contributed by atoms with Crippen molar-refractivity contribution in [1.82, 2.24) is 15.0 Å². The first-order chi connectivity index (χ1) is 10.0. The fraction of sp³-hybridized carbons (Fsp3) is 0.0714. The summed E-state index contributed by atoms with van der Waals surface area (Å²) in [6.07, 6.45) is 4.67. The van der Waals surface area contributed by atoms with Crippen LogP contribution in [0, 0.1) is 5.41 Å². The Balaban J connectivity index is 2.45. The monoisotopic (exact) mass is 283 g/mol. The zero-order valence-corrected chi connectivity index (χ0v) is 11.2. The first-order valence-corrected chi connectivity index (χ1v) is 6.03. The van der Waals surface area contributed by atoms with E-state index in [-0.39, 0.29) is 22.7 Å². The maximum absolute atomic E-state index is 11.3. The summed E-state index contributed by atoms with van der Waals surface area (Å²) in [4.78, 5) is 23.5. The lowest BCUT2D eigenvalue weighted by molar-refractivity contribution is -0.114. The number of nitrogens with one attached hydrogen (secondary N) is 1. The number of nitrogens with two attached hydrogens (primary N) is 1. The molecule has 0 saturated heterocycles. The molecule has 0 aliphatic heterocycles. The number of aliphatic hydroxyl groups is 1. The molecular weight excluding hydrogens is 270 g/mol. The van der Waals surface area contributed by atoms with Gasteiger partial charge in [-0.2, -0.15) is 0 Å². The Kier molecular flexibility index (Phi) is 4.03. The quantitative estimate of drug-likeness (QED) is 0.442. The lowest BCUT2D eigenvalue weighted by Gasteiger charge is -2.07. The summed E-state index contributed by atoms with van der Waals surface area (Å²) in [5.74, 6) is -0.820. The number of hydrogen-bond acceptors (Lipinski definition) is 6. The first-order valence-electron chi connectivity index (χ1n) is 6.03. The maximum Gasteiger partial charge on any atom is 0.254 e. The van der Waals surface area contributed by atoms with Crippen LogP contribution in [0.2, 0.25) is 0 Å². The fourth-order valence-corrected chi connectivity index (χ4v) is 1.75. The van der Waals surface area contributed by atoms with Crippen molar-refractivity contribution in [3.8, 4) is 11.4 Å². The van der Waals surface area contributed by atoms with E-state index in [0.29, 0.717) is 5.82 Å². The minimum Gasteiger partial charge on any atom is -0.512 e. The zero-order valence-electron chi connectivity index (χ0n) is 11.2. The van der Waals surface area contributed by atoms with Gasteiger partial charge >= 0.3 is 0 Å². The number of amides is 1. The number of primary amides is 1. The Morgan fingerprint density at radius 3 is 2.48 bits per heavy atom. The van der Waals surface area contributed by atoms with Crippen LogP contribution in [0.4, 0.5) is 0 Å². The largest absolute Gasteiger partial charge is 0.512 e. The molecule has 1 amide bonds. The van der Waals surface area contributed by atoms with Crippen LogP contribution in [0.15, 0.2) is 48.1 Å². The van der Waals surface area contributed by atoms with Crippen LogP contribution in [-0.4, -0.2) is 31.7 Å². The highest BCUT2D eigenvalue weighted by Crippen LogP contribution is 2.15. The molecule has 21 heavy (non-hydrogen) atoms. The summed E-state index contributed by atoms with van der Waals surface area (Å²) in [7, 11) is 0. The van der Waals surface area contributed by atoms with Crippen LogP contribution >= 0.6 is 0 Å². The Morgan fingerprint density at radius 1 is 1.24 bits per heavy atom. The molecule has 0 aliphatic rings. The second-order valence-electron chi connectivity index (χ2n) is 4.20. The lowest BCUT2D eigenvalue weighted by Crippen LogP contribution is -2.23. The number of carbonyl (C=O) groups excluding carboxylic acids is 1. The molecule has 7 nitrogen and oxygen atoms in total. The van der Waals surface area contributed by atoms with Gasteiger partial charge in [0.05, 0.1) is 11.4 Å². The van der Waals surface area contributed by atoms with Gasteiger partial charge in [0.1, 0.15) is 11.3 Å². The molecule has 0 fully saturated rings. The molecule has 2 aromatic rings. The van der Waals surface area contributed by atoms with Crippen molar-refractivity contribution in [2.24, 2.45) is 5.73 Å². The minimum absolute atomic E-state index is 0.194. The molecule has 0 spiro atoms. The number of carbonyl (C=O) groups is 1. The summed E-state index contributed by atoms with van der Waals surface area (Å²) in [6.45, 7) is 1.29. The third-order valence-corrected chi connectivity index (χ3v) is 2.71. The van der Waals surface area contributed by atoms with E-state index in [1.165, 1.54) is 19.2 Å². The molecule has 7 heteroatoms. The highest BCUT2D eigenvalue weighted by atomic mass is 16.3. The van der Waals surface area contributed by atoms with Crippen LogP contribution in [-0.2, 0) is 4.79 Å². The predicted octanol–water partition coefficient (Wildman–Crippen LogP) is 1.22. The molecule has 2 rings (SSSR count). The van der Waals surface area contributed by atoms with Crippen molar-refractivity contribution in [2.75, 3.05) is 0 Å². The summed E-state index contributed by atoms with van der Waals surface area (Å²) in [5, 5.41) is 17.5. The van der Waals surface area contributed by atoms with Crippen molar-refractivity contribution in [3.05, 3.63) is 53.8 Å². The number of rotatable bonds is 4. The molecule has 0 aliphatic carbocycles. The first kappa shape index (κ1) is 14.3. The van der Waals surface area contributed by atoms with E-state index in [4.69, 9.17) is 11.1 Å². The van der Waals surface area contributed by atoms with Crippen LogP contribution in [0.25, 0.3) is 11.4 Å². The van der Waals surface area contributed by atoms with Gasteiger partial charge in [-0.1, -0.05) is 0 Å². The molecule has 106 valence electrons. The van der Waals surface area contributed by atoms with Crippen molar-refractivity contribution >= 4 is 11.6 Å². The molecule has 4 N–H and O–H groups in total. The zero-order chi connectivity index (χ0) is 15.4. The Bertz CT molecular complexity index is 721. The summed E-state index contributed by atoms with van der Waals surface area (Å²) >= 11 is 0. The topological polar surface area (TPSA) is 126 Å². The molecule has 0 radical (unpaired) electrons. The maximum atomic E-state index is 11.3. The average Bonchev–Trinajstić information content (AvgIpc) is 2.47. The third kappa shape index (κ3) is 3.08. The fourth-order valence-electron chi connectivity index (χ4n) is 1.75. The Hall–Kier alpha value is -3.09. The van der Waals surface area contributed by atoms with Gasteiger partial charge in [0.2, 0.25) is 0 Å². The van der Waals surface area contributed by atoms with Gasteiger partial charge in [-0.15, -0.1) is 0 Å².